The highest BCUT2D eigenvalue weighted by atomic mass is 32.1. The van der Waals surface area contributed by atoms with E-state index in [0.717, 1.165) is 87.1 Å². The number of H-pyrrole nitrogens is 1. The van der Waals surface area contributed by atoms with Crippen LogP contribution in [0, 0.1) is 0 Å². The number of aromatic nitrogens is 4. The van der Waals surface area contributed by atoms with Crippen molar-refractivity contribution in [2.75, 3.05) is 68.0 Å². The van der Waals surface area contributed by atoms with Crippen molar-refractivity contribution in [1.82, 2.24) is 25.1 Å². The average molecular weight is 523 g/mol. The van der Waals surface area contributed by atoms with Crippen molar-refractivity contribution >= 4 is 45.7 Å². The van der Waals surface area contributed by atoms with Gasteiger partial charge in [-0.25, -0.2) is 4.98 Å². The molecule has 0 atom stereocenters. The Bertz CT molecular complexity index is 1340. The number of oxazole rings is 1. The van der Waals surface area contributed by atoms with Crippen molar-refractivity contribution < 1.29 is 13.9 Å². The first kappa shape index (κ1) is 23.9. The van der Waals surface area contributed by atoms with Gasteiger partial charge in [-0.2, -0.15) is 10.1 Å². The lowest BCUT2D eigenvalue weighted by Gasteiger charge is -2.30. The largest absolute Gasteiger partial charge is 0.423 e. The van der Waals surface area contributed by atoms with Crippen molar-refractivity contribution in [3.63, 3.8) is 0 Å². The zero-order valence-electron chi connectivity index (χ0n) is 20.5. The standard InChI is InChI=1S/C25H30N8O3S/c34-23(20-16-37-24(30-20)17-14-27-28-15-17)29-18-13-22-19(12-21(18)33-5-2-1-3-6-33)31-25(36-22)26-4-7-32-8-10-35-11-9-32/h12-16H,1-11H2,(H,26,31)(H,27,28)(H,29,34). The van der Waals surface area contributed by atoms with E-state index in [1.165, 1.54) is 17.8 Å². The van der Waals surface area contributed by atoms with Crippen molar-refractivity contribution in [2.45, 2.75) is 19.3 Å². The van der Waals surface area contributed by atoms with Gasteiger partial charge in [0.05, 0.1) is 30.8 Å². The van der Waals surface area contributed by atoms with Gasteiger partial charge >= 0.3 is 0 Å². The van der Waals surface area contributed by atoms with Crippen LogP contribution in [-0.2, 0) is 4.74 Å². The predicted octanol–water partition coefficient (Wildman–Crippen LogP) is 3.66. The molecule has 2 saturated heterocycles. The first-order valence-electron chi connectivity index (χ1n) is 12.7. The molecule has 1 aromatic carbocycles. The lowest BCUT2D eigenvalue weighted by molar-refractivity contribution is 0.0398. The third-order valence-corrected chi connectivity index (χ3v) is 7.63. The first-order valence-corrected chi connectivity index (χ1v) is 13.6. The molecule has 0 aliphatic carbocycles. The molecule has 3 aromatic heterocycles. The Hall–Kier alpha value is -3.48. The van der Waals surface area contributed by atoms with Crippen LogP contribution >= 0.6 is 11.3 Å². The monoisotopic (exact) mass is 522 g/mol. The highest BCUT2D eigenvalue weighted by Crippen LogP contribution is 2.35. The second-order valence-corrected chi connectivity index (χ2v) is 10.1. The molecule has 0 unspecified atom stereocenters. The number of benzene rings is 1. The SMILES string of the molecule is O=C(Nc1cc2oc(NCCN3CCOCC3)nc2cc1N1CCCCC1)c1csc(-c2cn[nH]c2)n1. The molecule has 2 fully saturated rings. The van der Waals surface area contributed by atoms with E-state index in [2.05, 4.69) is 40.6 Å². The highest BCUT2D eigenvalue weighted by Gasteiger charge is 2.21. The summed E-state index contributed by atoms with van der Waals surface area (Å²) in [5, 5.41) is 15.6. The third kappa shape index (κ3) is 5.45. The molecule has 0 saturated carbocycles. The fraction of sp³-hybridized carbons (Fsp3) is 0.440. The number of piperidine rings is 1. The Morgan fingerprint density at radius 1 is 1.11 bits per heavy atom. The maximum Gasteiger partial charge on any atom is 0.295 e. The molecule has 5 heterocycles. The second kappa shape index (κ2) is 10.9. The van der Waals surface area contributed by atoms with Crippen LogP contribution in [0.1, 0.15) is 29.8 Å². The van der Waals surface area contributed by atoms with Gasteiger partial charge in [0, 0.05) is 62.5 Å². The van der Waals surface area contributed by atoms with Gasteiger partial charge in [-0.3, -0.25) is 14.8 Å². The van der Waals surface area contributed by atoms with Crippen LogP contribution < -0.4 is 15.5 Å². The lowest BCUT2D eigenvalue weighted by atomic mass is 10.1. The Labute approximate surface area is 218 Å². The fourth-order valence-electron chi connectivity index (χ4n) is 4.75. The number of hydrogen-bond donors (Lipinski definition) is 3. The number of fused-ring (bicyclic) bond motifs is 1. The van der Waals surface area contributed by atoms with Crippen molar-refractivity contribution in [3.05, 3.63) is 35.6 Å². The van der Waals surface area contributed by atoms with Crippen LogP contribution in [0.15, 0.2) is 34.3 Å². The van der Waals surface area contributed by atoms with Crippen LogP contribution in [0.2, 0.25) is 0 Å². The van der Waals surface area contributed by atoms with Crippen LogP contribution in [0.25, 0.3) is 21.7 Å². The topological polar surface area (TPSA) is 124 Å². The smallest absolute Gasteiger partial charge is 0.295 e. The van der Waals surface area contributed by atoms with Crippen LogP contribution in [0.3, 0.4) is 0 Å². The summed E-state index contributed by atoms with van der Waals surface area (Å²) in [7, 11) is 0. The van der Waals surface area contributed by atoms with Gasteiger partial charge < -0.3 is 24.7 Å². The van der Waals surface area contributed by atoms with E-state index >= 15 is 0 Å². The number of anilines is 3. The second-order valence-electron chi connectivity index (χ2n) is 9.26. The van der Waals surface area contributed by atoms with Crippen LogP contribution in [-0.4, -0.2) is 83.5 Å². The van der Waals surface area contributed by atoms with Gasteiger partial charge in [0.15, 0.2) is 5.58 Å². The Morgan fingerprint density at radius 2 is 1.97 bits per heavy atom. The summed E-state index contributed by atoms with van der Waals surface area (Å²) < 4.78 is 11.4. The Morgan fingerprint density at radius 3 is 2.78 bits per heavy atom. The molecular weight excluding hydrogens is 492 g/mol. The summed E-state index contributed by atoms with van der Waals surface area (Å²) in [5.41, 5.74) is 4.28. The summed E-state index contributed by atoms with van der Waals surface area (Å²) in [4.78, 5) is 27.0. The molecule has 0 spiro atoms. The minimum absolute atomic E-state index is 0.257. The zero-order chi connectivity index (χ0) is 25.0. The molecule has 0 radical (unpaired) electrons. The van der Waals surface area contributed by atoms with Crippen LogP contribution in [0.4, 0.5) is 17.4 Å². The Kier molecular flexibility index (Phi) is 7.02. The van der Waals surface area contributed by atoms with Gasteiger partial charge in [-0.15, -0.1) is 11.3 Å². The van der Waals surface area contributed by atoms with Gasteiger partial charge in [0.1, 0.15) is 16.2 Å². The zero-order valence-corrected chi connectivity index (χ0v) is 21.4. The van der Waals surface area contributed by atoms with Crippen LogP contribution in [0.5, 0.6) is 0 Å². The van der Waals surface area contributed by atoms with Gasteiger partial charge in [0.25, 0.3) is 11.9 Å². The van der Waals surface area contributed by atoms with E-state index in [0.29, 0.717) is 23.0 Å². The molecule has 4 aromatic rings. The molecular formula is C25H30N8O3S. The molecule has 1 amide bonds. The number of aromatic amines is 1. The molecule has 11 nitrogen and oxygen atoms in total. The normalized spacial score (nSPS) is 16.8. The third-order valence-electron chi connectivity index (χ3n) is 6.74. The molecule has 37 heavy (non-hydrogen) atoms. The fourth-order valence-corrected chi connectivity index (χ4v) is 5.53. The molecule has 2 aliphatic rings. The summed E-state index contributed by atoms with van der Waals surface area (Å²) >= 11 is 1.41. The summed E-state index contributed by atoms with van der Waals surface area (Å²) in [5.74, 6) is -0.257. The number of carbonyl (C=O) groups is 1. The van der Waals surface area contributed by atoms with Crippen molar-refractivity contribution in [3.8, 4) is 10.6 Å². The molecule has 2 aliphatic heterocycles. The predicted molar refractivity (Wildman–Crippen MR) is 143 cm³/mol. The maximum absolute atomic E-state index is 13.2. The number of hydrogen-bond acceptors (Lipinski definition) is 10. The first-order chi connectivity index (χ1) is 18.2. The number of thiazole rings is 1. The van der Waals surface area contributed by atoms with E-state index in [4.69, 9.17) is 9.15 Å². The molecule has 194 valence electrons. The van der Waals surface area contributed by atoms with Gasteiger partial charge in [-0.05, 0) is 25.3 Å². The molecule has 12 heteroatoms. The Balaban J connectivity index is 1.22. The number of nitrogens with zero attached hydrogens (tertiary/aromatic N) is 5. The molecule has 6 rings (SSSR count). The molecule has 3 N–H and O–H groups in total. The number of amides is 1. The number of morpholine rings is 1. The minimum Gasteiger partial charge on any atom is -0.423 e. The van der Waals surface area contributed by atoms with Gasteiger partial charge in [0.2, 0.25) is 0 Å². The summed E-state index contributed by atoms with van der Waals surface area (Å²) in [6, 6.07) is 4.38. The van der Waals surface area contributed by atoms with E-state index in [-0.39, 0.29) is 5.91 Å². The number of ether oxygens (including phenoxy) is 1. The molecule has 0 bridgehead atoms. The average Bonchev–Trinajstić information content (AvgIpc) is 3.70. The lowest BCUT2D eigenvalue weighted by Crippen LogP contribution is -2.39. The van der Waals surface area contributed by atoms with E-state index < -0.39 is 0 Å². The van der Waals surface area contributed by atoms with Gasteiger partial charge in [-0.1, -0.05) is 0 Å². The van der Waals surface area contributed by atoms with E-state index in [9.17, 15) is 4.79 Å². The quantitative estimate of drug-likeness (QED) is 0.318. The van der Waals surface area contributed by atoms with E-state index in [1.54, 1.807) is 17.8 Å². The highest BCUT2D eigenvalue weighted by molar-refractivity contribution is 7.13. The van der Waals surface area contributed by atoms with Crippen molar-refractivity contribution in [1.29, 1.82) is 0 Å². The maximum atomic E-state index is 13.2. The number of carbonyl (C=O) groups excluding carboxylic acids is 1. The van der Waals surface area contributed by atoms with E-state index in [1.807, 2.05) is 12.1 Å². The number of nitrogens with one attached hydrogen (secondary N) is 3. The minimum atomic E-state index is -0.257. The summed E-state index contributed by atoms with van der Waals surface area (Å²) in [6.45, 7) is 6.97. The van der Waals surface area contributed by atoms with Crippen molar-refractivity contribution in [2.24, 2.45) is 0 Å². The summed E-state index contributed by atoms with van der Waals surface area (Å²) in [6.07, 6.45) is 6.92. The number of rotatable bonds is 8.